The van der Waals surface area contributed by atoms with E-state index in [9.17, 15) is 10.1 Å². The van der Waals surface area contributed by atoms with Crippen molar-refractivity contribution in [1.82, 2.24) is 0 Å². The highest BCUT2D eigenvalue weighted by atomic mass is 32.1. The van der Waals surface area contributed by atoms with E-state index in [1.165, 1.54) is 12.1 Å². The summed E-state index contributed by atoms with van der Waals surface area (Å²) in [5.74, 6) is 0.660. The van der Waals surface area contributed by atoms with Gasteiger partial charge in [0.1, 0.15) is 5.75 Å². The number of methoxy groups -OCH3 is 1. The molecule has 18 heavy (non-hydrogen) atoms. The quantitative estimate of drug-likeness (QED) is 0.522. The van der Waals surface area contributed by atoms with Gasteiger partial charge in [-0.3, -0.25) is 10.1 Å². The van der Waals surface area contributed by atoms with Crippen LogP contribution in [-0.4, -0.2) is 12.0 Å². The number of hydrogen-bond acceptors (Lipinski definition) is 4. The van der Waals surface area contributed by atoms with Crippen molar-refractivity contribution >= 4 is 18.3 Å². The molecule has 0 spiro atoms. The lowest BCUT2D eigenvalue weighted by atomic mass is 10.0. The maximum atomic E-state index is 10.8. The Balaban J connectivity index is 2.62. The second kappa shape index (κ2) is 5.10. The van der Waals surface area contributed by atoms with Crippen molar-refractivity contribution < 1.29 is 9.66 Å². The largest absolute Gasteiger partial charge is 0.496 e. The number of benzene rings is 2. The highest BCUT2D eigenvalue weighted by Gasteiger charge is 2.13. The zero-order valence-corrected chi connectivity index (χ0v) is 10.6. The molecule has 0 saturated heterocycles. The summed E-state index contributed by atoms with van der Waals surface area (Å²) in [5.41, 5.74) is 1.51. The van der Waals surface area contributed by atoms with Crippen molar-refractivity contribution in [3.63, 3.8) is 0 Å². The maximum Gasteiger partial charge on any atom is 0.270 e. The van der Waals surface area contributed by atoms with Gasteiger partial charge in [-0.25, -0.2) is 0 Å². The molecular formula is C13H11NO3S. The Morgan fingerprint density at radius 2 is 1.89 bits per heavy atom. The summed E-state index contributed by atoms with van der Waals surface area (Å²) in [6.07, 6.45) is 0. The Hall–Kier alpha value is -2.01. The first kappa shape index (κ1) is 12.4. The predicted molar refractivity (Wildman–Crippen MR) is 72.3 cm³/mol. The standard InChI is InChI=1S/C13H11NO3S/c1-17-12-5-3-2-4-10(12)11-8-9(14(15)16)6-7-13(11)18/h2-8,18H,1H3. The Bertz CT molecular complexity index is 599. The van der Waals surface area contributed by atoms with Crippen LogP contribution in [0.3, 0.4) is 0 Å². The minimum absolute atomic E-state index is 0.0358. The van der Waals surface area contributed by atoms with Crippen molar-refractivity contribution in [2.24, 2.45) is 0 Å². The van der Waals surface area contributed by atoms with Crippen LogP contribution in [0.1, 0.15) is 0 Å². The van der Waals surface area contributed by atoms with Crippen LogP contribution in [-0.2, 0) is 0 Å². The van der Waals surface area contributed by atoms with Gasteiger partial charge in [-0.05, 0) is 12.1 Å². The van der Waals surface area contributed by atoms with E-state index in [2.05, 4.69) is 12.6 Å². The normalized spacial score (nSPS) is 10.1. The van der Waals surface area contributed by atoms with Crippen LogP contribution in [0.5, 0.6) is 5.75 Å². The number of nitrogens with zero attached hydrogens (tertiary/aromatic N) is 1. The summed E-state index contributed by atoms with van der Waals surface area (Å²) in [5, 5.41) is 10.8. The molecule has 0 unspecified atom stereocenters. The maximum absolute atomic E-state index is 10.8. The summed E-state index contributed by atoms with van der Waals surface area (Å²) in [6.45, 7) is 0. The van der Waals surface area contributed by atoms with Crippen molar-refractivity contribution in [2.45, 2.75) is 4.90 Å². The van der Waals surface area contributed by atoms with E-state index >= 15 is 0 Å². The summed E-state index contributed by atoms with van der Waals surface area (Å²) in [6, 6.07) is 11.9. The Morgan fingerprint density at radius 1 is 1.17 bits per heavy atom. The molecular weight excluding hydrogens is 250 g/mol. The zero-order chi connectivity index (χ0) is 13.1. The molecule has 0 aliphatic carbocycles. The first-order valence-corrected chi connectivity index (χ1v) is 5.69. The summed E-state index contributed by atoms with van der Waals surface area (Å²) in [7, 11) is 1.56. The van der Waals surface area contributed by atoms with Crippen LogP contribution >= 0.6 is 12.6 Å². The molecule has 0 fully saturated rings. The summed E-state index contributed by atoms with van der Waals surface area (Å²) in [4.78, 5) is 11.0. The van der Waals surface area contributed by atoms with Gasteiger partial charge in [0, 0.05) is 28.2 Å². The van der Waals surface area contributed by atoms with Gasteiger partial charge >= 0.3 is 0 Å². The second-order valence-corrected chi connectivity index (χ2v) is 4.14. The van der Waals surface area contributed by atoms with E-state index in [-0.39, 0.29) is 5.69 Å². The van der Waals surface area contributed by atoms with Crippen LogP contribution in [0.15, 0.2) is 47.4 Å². The molecule has 0 radical (unpaired) electrons. The molecule has 0 amide bonds. The third kappa shape index (κ3) is 2.31. The summed E-state index contributed by atoms with van der Waals surface area (Å²) >= 11 is 4.33. The number of hydrogen-bond donors (Lipinski definition) is 1. The van der Waals surface area contributed by atoms with Gasteiger partial charge in [-0.1, -0.05) is 18.2 Å². The minimum atomic E-state index is -0.424. The number of non-ortho nitro benzene ring substituents is 1. The van der Waals surface area contributed by atoms with Gasteiger partial charge in [0.15, 0.2) is 0 Å². The van der Waals surface area contributed by atoms with Crippen molar-refractivity contribution in [3.8, 4) is 16.9 Å². The van der Waals surface area contributed by atoms with E-state index in [4.69, 9.17) is 4.74 Å². The fourth-order valence-corrected chi connectivity index (χ4v) is 1.98. The second-order valence-electron chi connectivity index (χ2n) is 3.66. The Morgan fingerprint density at radius 3 is 2.56 bits per heavy atom. The van der Waals surface area contributed by atoms with Crippen molar-refractivity contribution in [2.75, 3.05) is 7.11 Å². The number of rotatable bonds is 3. The molecule has 0 atom stereocenters. The van der Waals surface area contributed by atoms with Crippen LogP contribution in [0.25, 0.3) is 11.1 Å². The number of thiol groups is 1. The van der Waals surface area contributed by atoms with Crippen LogP contribution in [0, 0.1) is 10.1 Å². The monoisotopic (exact) mass is 261 g/mol. The third-order valence-electron chi connectivity index (χ3n) is 2.59. The smallest absolute Gasteiger partial charge is 0.270 e. The Kier molecular flexibility index (Phi) is 3.53. The average molecular weight is 261 g/mol. The lowest BCUT2D eigenvalue weighted by Gasteiger charge is -2.10. The van der Waals surface area contributed by atoms with Gasteiger partial charge in [0.05, 0.1) is 12.0 Å². The lowest BCUT2D eigenvalue weighted by molar-refractivity contribution is -0.384. The van der Waals surface area contributed by atoms with Crippen LogP contribution < -0.4 is 4.74 Å². The third-order valence-corrected chi connectivity index (χ3v) is 2.98. The topological polar surface area (TPSA) is 52.4 Å². The zero-order valence-electron chi connectivity index (χ0n) is 9.66. The Labute approximate surface area is 110 Å². The molecule has 0 saturated carbocycles. The van der Waals surface area contributed by atoms with E-state index in [1.54, 1.807) is 19.2 Å². The van der Waals surface area contributed by atoms with Crippen molar-refractivity contribution in [3.05, 3.63) is 52.6 Å². The molecule has 4 nitrogen and oxygen atoms in total. The van der Waals surface area contributed by atoms with Crippen LogP contribution in [0.4, 0.5) is 5.69 Å². The van der Waals surface area contributed by atoms with Gasteiger partial charge < -0.3 is 4.74 Å². The molecule has 2 rings (SSSR count). The van der Waals surface area contributed by atoms with E-state index in [0.717, 1.165) is 5.56 Å². The lowest BCUT2D eigenvalue weighted by Crippen LogP contribution is -1.91. The fourth-order valence-electron chi connectivity index (χ4n) is 1.72. The minimum Gasteiger partial charge on any atom is -0.496 e. The average Bonchev–Trinajstić information content (AvgIpc) is 2.39. The first-order chi connectivity index (χ1) is 8.63. The van der Waals surface area contributed by atoms with Gasteiger partial charge in [-0.2, -0.15) is 0 Å². The van der Waals surface area contributed by atoms with E-state index < -0.39 is 4.92 Å². The number of nitro benzene ring substituents is 1. The number of nitro groups is 1. The van der Waals surface area contributed by atoms with Gasteiger partial charge in [-0.15, -0.1) is 12.6 Å². The number of ether oxygens (including phenoxy) is 1. The molecule has 5 heteroatoms. The van der Waals surface area contributed by atoms with Crippen molar-refractivity contribution in [1.29, 1.82) is 0 Å². The molecule has 2 aromatic rings. The predicted octanol–water partition coefficient (Wildman–Crippen LogP) is 3.56. The SMILES string of the molecule is COc1ccccc1-c1cc([N+](=O)[O-])ccc1S. The highest BCUT2D eigenvalue weighted by molar-refractivity contribution is 7.80. The first-order valence-electron chi connectivity index (χ1n) is 5.24. The molecule has 0 bridgehead atoms. The molecule has 0 aliphatic rings. The highest BCUT2D eigenvalue weighted by Crippen LogP contribution is 2.35. The summed E-state index contributed by atoms with van der Waals surface area (Å²) < 4.78 is 5.25. The molecule has 0 N–H and O–H groups in total. The van der Waals surface area contributed by atoms with Gasteiger partial charge in [0.2, 0.25) is 0 Å². The van der Waals surface area contributed by atoms with E-state index in [0.29, 0.717) is 16.2 Å². The number of para-hydroxylation sites is 1. The fraction of sp³-hybridized carbons (Fsp3) is 0.0769. The molecule has 92 valence electrons. The molecule has 0 aromatic heterocycles. The van der Waals surface area contributed by atoms with Gasteiger partial charge in [0.25, 0.3) is 5.69 Å². The molecule has 2 aromatic carbocycles. The molecule has 0 aliphatic heterocycles. The van der Waals surface area contributed by atoms with Crippen LogP contribution in [0.2, 0.25) is 0 Å². The molecule has 0 heterocycles. The van der Waals surface area contributed by atoms with E-state index in [1.807, 2.05) is 18.2 Å².